The van der Waals surface area contributed by atoms with Crippen molar-refractivity contribution in [3.05, 3.63) is 65.1 Å². The second kappa shape index (κ2) is 6.71. The van der Waals surface area contributed by atoms with E-state index < -0.39 is 15.8 Å². The van der Waals surface area contributed by atoms with Gasteiger partial charge in [0.15, 0.2) is 5.58 Å². The highest BCUT2D eigenvalue weighted by atomic mass is 32.2. The Kier molecular flexibility index (Phi) is 4.14. The molecule has 2 aromatic carbocycles. The van der Waals surface area contributed by atoms with Crippen molar-refractivity contribution in [3.8, 4) is 0 Å². The monoisotopic (exact) mass is 410 g/mol. The molecule has 0 amide bonds. The minimum absolute atomic E-state index is 0.116. The largest absolute Gasteiger partial charge is 0.417 e. The Morgan fingerprint density at radius 2 is 1.76 bits per heavy atom. The Hall–Kier alpha value is -3.17. The highest BCUT2D eigenvalue weighted by Crippen LogP contribution is 2.24. The molecule has 0 bridgehead atoms. The number of oxazole rings is 1. The number of aromatic nitrogens is 2. The fraction of sp³-hybridized carbons (Fsp3) is 0.200. The van der Waals surface area contributed by atoms with Gasteiger partial charge >= 0.3 is 5.76 Å². The lowest BCUT2D eigenvalue weighted by Crippen LogP contribution is -2.48. The maximum Gasteiger partial charge on any atom is 0.417 e. The van der Waals surface area contributed by atoms with Crippen LogP contribution in [-0.4, -0.2) is 48.9 Å². The molecule has 3 heterocycles. The van der Waals surface area contributed by atoms with Crippen molar-refractivity contribution in [1.82, 2.24) is 14.3 Å². The van der Waals surface area contributed by atoms with Gasteiger partial charge in [0.05, 0.1) is 15.9 Å². The van der Waals surface area contributed by atoms with Gasteiger partial charge in [-0.25, -0.2) is 18.2 Å². The fourth-order valence-corrected chi connectivity index (χ4v) is 5.06. The zero-order valence-electron chi connectivity index (χ0n) is 15.4. The molecule has 1 aliphatic rings. The van der Waals surface area contributed by atoms with E-state index in [1.54, 1.807) is 6.07 Å². The molecule has 0 aliphatic carbocycles. The van der Waals surface area contributed by atoms with Crippen LogP contribution in [0.25, 0.3) is 22.0 Å². The van der Waals surface area contributed by atoms with Crippen LogP contribution in [-0.2, 0) is 10.0 Å². The summed E-state index contributed by atoms with van der Waals surface area (Å²) in [6, 6.07) is 16.3. The maximum absolute atomic E-state index is 13.0. The summed E-state index contributed by atoms with van der Waals surface area (Å²) in [6.45, 7) is 1.80. The van der Waals surface area contributed by atoms with Crippen LogP contribution in [0.3, 0.4) is 0 Å². The highest BCUT2D eigenvalue weighted by Gasteiger charge is 2.29. The first-order chi connectivity index (χ1) is 14.0. The molecule has 1 saturated heterocycles. The van der Waals surface area contributed by atoms with Gasteiger partial charge in [-0.05, 0) is 30.3 Å². The van der Waals surface area contributed by atoms with Crippen molar-refractivity contribution < 1.29 is 12.8 Å². The summed E-state index contributed by atoms with van der Waals surface area (Å²) in [5.41, 5.74) is 1.62. The van der Waals surface area contributed by atoms with E-state index in [0.29, 0.717) is 31.7 Å². The van der Waals surface area contributed by atoms with Gasteiger partial charge in [0.1, 0.15) is 5.82 Å². The second-order valence-corrected chi connectivity index (χ2v) is 8.86. The summed E-state index contributed by atoms with van der Waals surface area (Å²) in [5.74, 6) is 0.238. The van der Waals surface area contributed by atoms with Crippen LogP contribution in [0.1, 0.15) is 0 Å². The highest BCUT2D eigenvalue weighted by molar-refractivity contribution is 7.89. The van der Waals surface area contributed by atoms with Crippen molar-refractivity contribution in [3.63, 3.8) is 0 Å². The molecule has 0 unspecified atom stereocenters. The first-order valence-corrected chi connectivity index (χ1v) is 10.7. The summed E-state index contributed by atoms with van der Waals surface area (Å²) in [5, 5.41) is 1.07. The molecule has 29 heavy (non-hydrogen) atoms. The smallest absolute Gasteiger partial charge is 0.408 e. The van der Waals surface area contributed by atoms with Crippen molar-refractivity contribution in [2.24, 2.45) is 0 Å². The number of benzene rings is 2. The van der Waals surface area contributed by atoms with Gasteiger partial charge in [-0.15, -0.1) is 0 Å². The lowest BCUT2D eigenvalue weighted by molar-refractivity contribution is 0.384. The van der Waals surface area contributed by atoms with Crippen LogP contribution in [0, 0.1) is 0 Å². The van der Waals surface area contributed by atoms with Gasteiger partial charge in [-0.3, -0.25) is 4.98 Å². The van der Waals surface area contributed by atoms with Crippen LogP contribution < -0.4 is 10.7 Å². The van der Waals surface area contributed by atoms with Gasteiger partial charge < -0.3 is 9.32 Å². The van der Waals surface area contributed by atoms with Crippen LogP contribution in [0.4, 0.5) is 5.82 Å². The Morgan fingerprint density at radius 3 is 2.59 bits per heavy atom. The van der Waals surface area contributed by atoms with Gasteiger partial charge in [0, 0.05) is 37.6 Å². The van der Waals surface area contributed by atoms with Crippen LogP contribution in [0.15, 0.2) is 68.7 Å². The standard InChI is InChI=1S/C20H18N4O4S/c25-20-22-17-7-6-15(13-18(17)28-20)29(26,27)24-11-9-23(10-12-24)19-8-5-14-3-1-2-4-16(14)21-19/h1-8,13H,9-12H2,(H,22,25). The number of nitrogens with one attached hydrogen (secondary N) is 1. The Bertz CT molecular complexity index is 1370. The van der Waals surface area contributed by atoms with Crippen molar-refractivity contribution in [2.75, 3.05) is 31.1 Å². The number of pyridine rings is 1. The van der Waals surface area contributed by atoms with E-state index in [1.165, 1.54) is 16.4 Å². The molecule has 0 atom stereocenters. The van der Waals surface area contributed by atoms with E-state index in [4.69, 9.17) is 9.40 Å². The minimum Gasteiger partial charge on any atom is -0.408 e. The molecule has 0 spiro atoms. The molecular weight excluding hydrogens is 392 g/mol. The Labute approximate surface area is 166 Å². The number of aromatic amines is 1. The van der Waals surface area contributed by atoms with Crippen LogP contribution >= 0.6 is 0 Å². The number of piperazine rings is 1. The molecule has 1 fully saturated rings. The van der Waals surface area contributed by atoms with E-state index in [9.17, 15) is 13.2 Å². The minimum atomic E-state index is -3.67. The lowest BCUT2D eigenvalue weighted by atomic mass is 10.2. The number of fused-ring (bicyclic) bond motifs is 2. The second-order valence-electron chi connectivity index (χ2n) is 6.93. The van der Waals surface area contributed by atoms with Gasteiger partial charge in [-0.2, -0.15) is 4.31 Å². The number of H-pyrrole nitrogens is 1. The Balaban J connectivity index is 1.36. The molecule has 9 heteroatoms. The van der Waals surface area contributed by atoms with Gasteiger partial charge in [0.25, 0.3) is 0 Å². The average Bonchev–Trinajstić information content (AvgIpc) is 3.12. The molecule has 148 valence electrons. The number of nitrogens with zero attached hydrogens (tertiary/aromatic N) is 3. The molecule has 1 aliphatic heterocycles. The molecule has 5 rings (SSSR count). The van der Waals surface area contributed by atoms with Crippen molar-refractivity contribution in [1.29, 1.82) is 0 Å². The number of rotatable bonds is 3. The zero-order valence-corrected chi connectivity index (χ0v) is 16.2. The quantitative estimate of drug-likeness (QED) is 0.556. The van der Waals surface area contributed by atoms with E-state index in [0.717, 1.165) is 16.7 Å². The predicted molar refractivity (Wildman–Crippen MR) is 110 cm³/mol. The van der Waals surface area contributed by atoms with Crippen molar-refractivity contribution >= 4 is 37.8 Å². The first kappa shape index (κ1) is 17.9. The summed E-state index contributed by atoms with van der Waals surface area (Å²) in [6.07, 6.45) is 0. The van der Waals surface area contributed by atoms with E-state index in [-0.39, 0.29) is 10.5 Å². The average molecular weight is 410 g/mol. The van der Waals surface area contributed by atoms with Gasteiger partial charge in [-0.1, -0.05) is 18.2 Å². The van der Waals surface area contributed by atoms with E-state index in [2.05, 4.69) is 9.88 Å². The van der Waals surface area contributed by atoms with Crippen molar-refractivity contribution in [2.45, 2.75) is 4.90 Å². The third-order valence-corrected chi connectivity index (χ3v) is 7.07. The summed E-state index contributed by atoms with van der Waals surface area (Å²) in [4.78, 5) is 20.7. The summed E-state index contributed by atoms with van der Waals surface area (Å²) in [7, 11) is -3.67. The lowest BCUT2D eigenvalue weighted by Gasteiger charge is -2.34. The number of para-hydroxylation sites is 1. The molecule has 8 nitrogen and oxygen atoms in total. The molecule has 4 aromatic rings. The molecular formula is C20H18N4O4S. The summed E-state index contributed by atoms with van der Waals surface area (Å²) >= 11 is 0. The van der Waals surface area contributed by atoms with Crippen LogP contribution in [0.5, 0.6) is 0 Å². The van der Waals surface area contributed by atoms with Crippen LogP contribution in [0.2, 0.25) is 0 Å². The molecule has 1 N–H and O–H groups in total. The number of hydrogen-bond acceptors (Lipinski definition) is 6. The van der Waals surface area contributed by atoms with E-state index >= 15 is 0 Å². The normalized spacial score (nSPS) is 15.9. The zero-order chi connectivity index (χ0) is 20.0. The number of anilines is 1. The van der Waals surface area contributed by atoms with E-state index in [1.807, 2.05) is 36.4 Å². The molecule has 0 saturated carbocycles. The number of hydrogen-bond donors (Lipinski definition) is 1. The predicted octanol–water partition coefficient (Wildman–Crippen LogP) is 2.18. The summed E-state index contributed by atoms with van der Waals surface area (Å²) < 4.78 is 32.5. The SMILES string of the molecule is O=c1[nH]c2ccc(S(=O)(=O)N3CCN(c4ccc5ccccc5n4)CC3)cc2o1. The van der Waals surface area contributed by atoms with Gasteiger partial charge in [0.2, 0.25) is 10.0 Å². The topological polar surface area (TPSA) is 99.5 Å². The molecule has 2 aromatic heterocycles. The number of sulfonamides is 1. The third kappa shape index (κ3) is 3.18. The fourth-order valence-electron chi connectivity index (χ4n) is 3.62. The third-order valence-electron chi connectivity index (χ3n) is 5.18. The molecule has 0 radical (unpaired) electrons. The first-order valence-electron chi connectivity index (χ1n) is 9.24. The maximum atomic E-state index is 13.0. The Morgan fingerprint density at radius 1 is 0.966 bits per heavy atom.